The Morgan fingerprint density at radius 2 is 2.11 bits per heavy atom. The van der Waals surface area contributed by atoms with Crippen molar-refractivity contribution in [2.75, 3.05) is 7.11 Å². The van der Waals surface area contributed by atoms with Crippen molar-refractivity contribution in [1.29, 1.82) is 0 Å². The standard InChI is InChI=1S/C15H17NO3/c1-4-12-11(15(17)18)7-8-16(12)13-9-10(2)5-6-14(13)19-3/h5-9H,4H2,1-3H3,(H,17,18). The van der Waals surface area contributed by atoms with E-state index < -0.39 is 5.97 Å². The van der Waals surface area contributed by atoms with Crippen LogP contribution in [0.5, 0.6) is 5.75 Å². The molecular formula is C15H17NO3. The van der Waals surface area contributed by atoms with E-state index in [9.17, 15) is 9.90 Å². The predicted octanol–water partition coefficient (Wildman–Crippen LogP) is 3.05. The highest BCUT2D eigenvalue weighted by Crippen LogP contribution is 2.27. The van der Waals surface area contributed by atoms with Gasteiger partial charge in [0.2, 0.25) is 0 Å². The number of hydrogen-bond donors (Lipinski definition) is 1. The summed E-state index contributed by atoms with van der Waals surface area (Å²) in [6, 6.07) is 7.48. The van der Waals surface area contributed by atoms with Gasteiger partial charge in [-0.25, -0.2) is 4.79 Å². The van der Waals surface area contributed by atoms with Crippen molar-refractivity contribution in [2.45, 2.75) is 20.3 Å². The maximum absolute atomic E-state index is 11.2. The zero-order chi connectivity index (χ0) is 14.0. The van der Waals surface area contributed by atoms with Gasteiger partial charge in [0, 0.05) is 11.9 Å². The molecule has 0 bridgehead atoms. The smallest absolute Gasteiger partial charge is 0.337 e. The average molecular weight is 259 g/mol. The van der Waals surface area contributed by atoms with Crippen LogP contribution in [0, 0.1) is 6.92 Å². The maximum atomic E-state index is 11.2. The normalized spacial score (nSPS) is 10.5. The number of hydrogen-bond acceptors (Lipinski definition) is 2. The maximum Gasteiger partial charge on any atom is 0.337 e. The summed E-state index contributed by atoms with van der Waals surface area (Å²) in [5, 5.41) is 9.19. The lowest BCUT2D eigenvalue weighted by Gasteiger charge is -2.13. The topological polar surface area (TPSA) is 51.5 Å². The molecule has 4 heteroatoms. The molecule has 0 amide bonds. The molecule has 1 aromatic carbocycles. The quantitative estimate of drug-likeness (QED) is 0.918. The molecule has 19 heavy (non-hydrogen) atoms. The van der Waals surface area contributed by atoms with Crippen molar-refractivity contribution in [2.24, 2.45) is 0 Å². The number of nitrogens with zero attached hydrogens (tertiary/aromatic N) is 1. The Balaban J connectivity index is 2.65. The number of carboxylic acid groups (broad SMARTS) is 1. The third kappa shape index (κ3) is 2.34. The largest absolute Gasteiger partial charge is 0.495 e. The number of benzene rings is 1. The van der Waals surface area contributed by atoms with E-state index in [0.29, 0.717) is 12.0 Å². The fraction of sp³-hybridized carbons (Fsp3) is 0.267. The summed E-state index contributed by atoms with van der Waals surface area (Å²) in [5.41, 5.74) is 3.08. The molecule has 0 aliphatic rings. The molecule has 0 unspecified atom stereocenters. The second-order valence-electron chi connectivity index (χ2n) is 4.38. The number of ether oxygens (including phenoxy) is 1. The van der Waals surface area contributed by atoms with Crippen LogP contribution in [0.3, 0.4) is 0 Å². The number of carbonyl (C=O) groups is 1. The number of rotatable bonds is 4. The third-order valence-electron chi connectivity index (χ3n) is 3.15. The highest BCUT2D eigenvalue weighted by atomic mass is 16.5. The van der Waals surface area contributed by atoms with Gasteiger partial charge < -0.3 is 14.4 Å². The summed E-state index contributed by atoms with van der Waals surface area (Å²) in [5.74, 6) is -0.171. The Hall–Kier alpha value is -2.23. The summed E-state index contributed by atoms with van der Waals surface area (Å²) < 4.78 is 7.24. The third-order valence-corrected chi connectivity index (χ3v) is 3.15. The number of carboxylic acids is 1. The van der Waals surface area contributed by atoms with Crippen molar-refractivity contribution < 1.29 is 14.6 Å². The van der Waals surface area contributed by atoms with E-state index in [0.717, 1.165) is 22.7 Å². The first kappa shape index (κ1) is 13.2. The molecule has 0 aliphatic carbocycles. The van der Waals surface area contributed by atoms with Gasteiger partial charge in [-0.3, -0.25) is 0 Å². The van der Waals surface area contributed by atoms with Crippen molar-refractivity contribution in [3.05, 3.63) is 47.3 Å². The first-order chi connectivity index (χ1) is 9.08. The van der Waals surface area contributed by atoms with Crippen LogP contribution in [0.1, 0.15) is 28.5 Å². The molecule has 4 nitrogen and oxygen atoms in total. The van der Waals surface area contributed by atoms with Gasteiger partial charge in [-0.2, -0.15) is 0 Å². The predicted molar refractivity (Wildman–Crippen MR) is 73.4 cm³/mol. The molecule has 0 spiro atoms. The Bertz CT molecular complexity index is 614. The van der Waals surface area contributed by atoms with E-state index in [1.54, 1.807) is 19.4 Å². The van der Waals surface area contributed by atoms with Crippen molar-refractivity contribution >= 4 is 5.97 Å². The average Bonchev–Trinajstić information content (AvgIpc) is 2.82. The van der Waals surface area contributed by atoms with Gasteiger partial charge in [-0.05, 0) is 37.1 Å². The van der Waals surface area contributed by atoms with Gasteiger partial charge in [0.15, 0.2) is 0 Å². The Morgan fingerprint density at radius 1 is 1.37 bits per heavy atom. The second kappa shape index (κ2) is 5.18. The van der Waals surface area contributed by atoms with Crippen molar-refractivity contribution in [1.82, 2.24) is 4.57 Å². The molecule has 0 fully saturated rings. The first-order valence-electron chi connectivity index (χ1n) is 6.17. The number of aromatic carboxylic acids is 1. The van der Waals surface area contributed by atoms with Crippen molar-refractivity contribution in [3.63, 3.8) is 0 Å². The van der Waals surface area contributed by atoms with Gasteiger partial charge in [0.1, 0.15) is 5.75 Å². The van der Waals surface area contributed by atoms with E-state index in [-0.39, 0.29) is 0 Å². The van der Waals surface area contributed by atoms with Crippen LogP contribution in [-0.4, -0.2) is 22.8 Å². The molecular weight excluding hydrogens is 242 g/mol. The van der Waals surface area contributed by atoms with E-state index in [2.05, 4.69) is 0 Å². The minimum atomic E-state index is -0.901. The second-order valence-corrected chi connectivity index (χ2v) is 4.38. The van der Waals surface area contributed by atoms with Gasteiger partial charge in [0.05, 0.1) is 18.4 Å². The van der Waals surface area contributed by atoms with Crippen LogP contribution in [-0.2, 0) is 6.42 Å². The fourth-order valence-corrected chi connectivity index (χ4v) is 2.23. The van der Waals surface area contributed by atoms with Gasteiger partial charge in [-0.15, -0.1) is 0 Å². The summed E-state index contributed by atoms with van der Waals surface area (Å²) in [6.45, 7) is 3.94. The summed E-state index contributed by atoms with van der Waals surface area (Å²) in [4.78, 5) is 11.2. The molecule has 2 aromatic rings. The first-order valence-corrected chi connectivity index (χ1v) is 6.17. The molecule has 0 aliphatic heterocycles. The van der Waals surface area contributed by atoms with Gasteiger partial charge in [-0.1, -0.05) is 13.0 Å². The Morgan fingerprint density at radius 3 is 2.68 bits per heavy atom. The minimum absolute atomic E-state index is 0.339. The molecule has 0 atom stereocenters. The highest BCUT2D eigenvalue weighted by Gasteiger charge is 2.16. The number of methoxy groups -OCH3 is 1. The molecule has 1 N–H and O–H groups in total. The molecule has 0 radical (unpaired) electrons. The van der Waals surface area contributed by atoms with E-state index in [4.69, 9.17) is 4.74 Å². The summed E-state index contributed by atoms with van der Waals surface area (Å²) in [6.07, 6.45) is 2.42. The Kier molecular flexibility index (Phi) is 3.60. The highest BCUT2D eigenvalue weighted by molar-refractivity contribution is 5.89. The lowest BCUT2D eigenvalue weighted by atomic mass is 10.1. The minimum Gasteiger partial charge on any atom is -0.495 e. The fourth-order valence-electron chi connectivity index (χ4n) is 2.23. The zero-order valence-corrected chi connectivity index (χ0v) is 11.3. The molecule has 2 rings (SSSR count). The lowest BCUT2D eigenvalue weighted by Crippen LogP contribution is -2.05. The molecule has 0 saturated carbocycles. The molecule has 1 aromatic heterocycles. The van der Waals surface area contributed by atoms with Gasteiger partial charge >= 0.3 is 5.97 Å². The monoisotopic (exact) mass is 259 g/mol. The van der Waals surface area contributed by atoms with E-state index >= 15 is 0 Å². The zero-order valence-electron chi connectivity index (χ0n) is 11.3. The Labute approximate surface area is 112 Å². The van der Waals surface area contributed by atoms with Crippen LogP contribution in [0.25, 0.3) is 5.69 Å². The van der Waals surface area contributed by atoms with Crippen LogP contribution in [0.15, 0.2) is 30.5 Å². The lowest BCUT2D eigenvalue weighted by molar-refractivity contribution is 0.0696. The van der Waals surface area contributed by atoms with E-state index in [1.165, 1.54) is 0 Å². The molecule has 1 heterocycles. The number of aromatic nitrogens is 1. The van der Waals surface area contributed by atoms with Crippen LogP contribution in [0.2, 0.25) is 0 Å². The molecule has 0 saturated heterocycles. The SMILES string of the molecule is CCc1c(C(=O)O)ccn1-c1cc(C)ccc1OC. The van der Waals surface area contributed by atoms with Crippen molar-refractivity contribution in [3.8, 4) is 11.4 Å². The van der Waals surface area contributed by atoms with Crippen LogP contribution < -0.4 is 4.74 Å². The summed E-state index contributed by atoms with van der Waals surface area (Å²) >= 11 is 0. The van der Waals surface area contributed by atoms with Crippen LogP contribution in [0.4, 0.5) is 0 Å². The van der Waals surface area contributed by atoms with E-state index in [1.807, 2.05) is 36.6 Å². The number of aryl methyl sites for hydroxylation is 1. The van der Waals surface area contributed by atoms with Gasteiger partial charge in [0.25, 0.3) is 0 Å². The molecule has 100 valence electrons. The summed E-state index contributed by atoms with van der Waals surface area (Å²) in [7, 11) is 1.61. The van der Waals surface area contributed by atoms with Crippen LogP contribution >= 0.6 is 0 Å².